The lowest BCUT2D eigenvalue weighted by atomic mass is 10.1. The van der Waals surface area contributed by atoms with Crippen molar-refractivity contribution in [2.75, 3.05) is 23.4 Å². The molecule has 3 amide bonds. The Morgan fingerprint density at radius 2 is 1.79 bits per heavy atom. The van der Waals surface area contributed by atoms with Crippen molar-refractivity contribution in [3.8, 4) is 0 Å². The van der Waals surface area contributed by atoms with Crippen molar-refractivity contribution in [3.63, 3.8) is 0 Å². The van der Waals surface area contributed by atoms with E-state index in [1.807, 2.05) is 0 Å². The molecule has 5 rings (SSSR count). The number of H-pyrrole nitrogens is 1. The summed E-state index contributed by atoms with van der Waals surface area (Å²) in [6, 6.07) is 11.9. The number of carbonyl (C=O) groups excluding carboxylic acids is 3. The summed E-state index contributed by atoms with van der Waals surface area (Å²) >= 11 is 6.20. The maximum absolute atomic E-state index is 13.6. The molecule has 218 valence electrons. The Hall–Kier alpha value is -4.42. The highest BCUT2D eigenvalue weighted by Crippen LogP contribution is 2.33. The molecule has 0 saturated carbocycles. The second-order valence-corrected chi connectivity index (χ2v) is 10.3. The second-order valence-electron chi connectivity index (χ2n) is 9.92. The van der Waals surface area contributed by atoms with E-state index in [-0.39, 0.29) is 40.4 Å². The van der Waals surface area contributed by atoms with E-state index in [2.05, 4.69) is 15.3 Å². The van der Waals surface area contributed by atoms with Gasteiger partial charge in [0.05, 0.1) is 34.3 Å². The number of alkyl halides is 3. The summed E-state index contributed by atoms with van der Waals surface area (Å²) in [5.41, 5.74) is -0.415. The molecule has 4 N–H and O–H groups in total. The molecule has 0 bridgehead atoms. The number of likely N-dealkylation sites (tertiary alicyclic amines) is 1. The van der Waals surface area contributed by atoms with Gasteiger partial charge in [0, 0.05) is 23.8 Å². The third-order valence-electron chi connectivity index (χ3n) is 7.12. The van der Waals surface area contributed by atoms with Crippen LogP contribution in [0, 0.1) is 6.92 Å². The van der Waals surface area contributed by atoms with E-state index in [9.17, 15) is 27.6 Å². The second kappa shape index (κ2) is 11.5. The Balaban J connectivity index is 1.56. The van der Waals surface area contributed by atoms with Gasteiger partial charge in [-0.15, -0.1) is 0 Å². The van der Waals surface area contributed by atoms with E-state index in [0.29, 0.717) is 34.4 Å². The fourth-order valence-corrected chi connectivity index (χ4v) is 5.04. The Labute approximate surface area is 243 Å². The number of halogens is 4. The van der Waals surface area contributed by atoms with Crippen LogP contribution in [0.5, 0.6) is 0 Å². The Bertz CT molecular complexity index is 1700. The first-order valence-electron chi connectivity index (χ1n) is 13.1. The van der Waals surface area contributed by atoms with Gasteiger partial charge in [-0.1, -0.05) is 29.8 Å². The monoisotopic (exact) mass is 598 g/mol. The summed E-state index contributed by atoms with van der Waals surface area (Å²) in [5, 5.41) is 3.73. The third kappa shape index (κ3) is 5.81. The van der Waals surface area contributed by atoms with Gasteiger partial charge in [0.1, 0.15) is 11.3 Å². The first-order valence-corrected chi connectivity index (χ1v) is 13.4. The zero-order chi connectivity index (χ0) is 30.2. The lowest BCUT2D eigenvalue weighted by Crippen LogP contribution is -2.38. The molecular weight excluding hydrogens is 573 g/mol. The molecule has 3 aromatic carbocycles. The number of aromatic nitrogens is 2. The molecule has 9 nitrogen and oxygen atoms in total. The van der Waals surface area contributed by atoms with Crippen LogP contribution in [0.4, 0.5) is 24.5 Å². The minimum atomic E-state index is -4.79. The van der Waals surface area contributed by atoms with Crippen molar-refractivity contribution in [3.05, 3.63) is 87.7 Å². The van der Waals surface area contributed by atoms with Crippen LogP contribution in [0.2, 0.25) is 5.02 Å². The number of nitrogens with one attached hydrogen (secondary N) is 2. The molecule has 1 saturated heterocycles. The number of fused-ring (bicyclic) bond motifs is 1. The molecule has 1 aliphatic rings. The van der Waals surface area contributed by atoms with Gasteiger partial charge in [-0.3, -0.25) is 14.4 Å². The highest BCUT2D eigenvalue weighted by Gasteiger charge is 2.36. The first kappa shape index (κ1) is 29.1. The van der Waals surface area contributed by atoms with Crippen LogP contribution in [0.1, 0.15) is 50.5 Å². The van der Waals surface area contributed by atoms with Crippen LogP contribution >= 0.6 is 11.6 Å². The largest absolute Gasteiger partial charge is 0.417 e. The summed E-state index contributed by atoms with van der Waals surface area (Å²) in [6.07, 6.45) is -3.01. The van der Waals surface area contributed by atoms with Gasteiger partial charge in [0.15, 0.2) is 0 Å². The summed E-state index contributed by atoms with van der Waals surface area (Å²) in [4.78, 5) is 48.8. The fourth-order valence-electron chi connectivity index (χ4n) is 4.87. The predicted octanol–water partition coefficient (Wildman–Crippen LogP) is 5.48. The summed E-state index contributed by atoms with van der Waals surface area (Å²) in [6.45, 7) is 3.03. The van der Waals surface area contributed by atoms with Crippen molar-refractivity contribution in [1.82, 2.24) is 14.9 Å². The number of aromatic amines is 1. The van der Waals surface area contributed by atoms with Gasteiger partial charge in [-0.2, -0.15) is 13.2 Å². The van der Waals surface area contributed by atoms with Gasteiger partial charge in [-0.25, -0.2) is 15.8 Å². The third-order valence-corrected chi connectivity index (χ3v) is 7.53. The normalized spacial score (nSPS) is 13.4. The van der Waals surface area contributed by atoms with E-state index in [4.69, 9.17) is 17.4 Å². The number of amides is 3. The van der Waals surface area contributed by atoms with Crippen LogP contribution in [0.3, 0.4) is 0 Å². The molecule has 4 aromatic rings. The zero-order valence-electron chi connectivity index (χ0n) is 22.4. The van der Waals surface area contributed by atoms with Crippen LogP contribution in [-0.2, 0) is 17.4 Å². The number of anilines is 2. The van der Waals surface area contributed by atoms with E-state index in [0.717, 1.165) is 25.0 Å². The fraction of sp³-hybridized carbons (Fsp3) is 0.241. The summed E-state index contributed by atoms with van der Waals surface area (Å²) in [7, 11) is 0. The molecule has 0 atom stereocenters. The molecule has 2 heterocycles. The van der Waals surface area contributed by atoms with Gasteiger partial charge in [0.25, 0.3) is 11.8 Å². The smallest absolute Gasteiger partial charge is 0.342 e. The number of hydrogen-bond acceptors (Lipinski definition) is 5. The lowest BCUT2D eigenvalue weighted by Gasteiger charge is -2.20. The molecule has 0 unspecified atom stereocenters. The van der Waals surface area contributed by atoms with Gasteiger partial charge >= 0.3 is 6.18 Å². The first-order chi connectivity index (χ1) is 19.9. The average molecular weight is 599 g/mol. The Morgan fingerprint density at radius 3 is 2.50 bits per heavy atom. The number of nitrogens with zero attached hydrogens (tertiary/aromatic N) is 3. The summed E-state index contributed by atoms with van der Waals surface area (Å²) < 4.78 is 40.9. The van der Waals surface area contributed by atoms with Crippen molar-refractivity contribution in [2.45, 2.75) is 32.4 Å². The lowest BCUT2D eigenvalue weighted by molar-refractivity contribution is -0.138. The molecular formula is C29H26ClF3N6O3. The minimum Gasteiger partial charge on any atom is -0.342 e. The molecule has 1 fully saturated rings. The minimum absolute atomic E-state index is 0.0228. The maximum atomic E-state index is 13.6. The van der Waals surface area contributed by atoms with Gasteiger partial charge < -0.3 is 15.2 Å². The number of carbonyl (C=O) groups is 3. The Kier molecular flexibility index (Phi) is 7.93. The highest BCUT2D eigenvalue weighted by molar-refractivity contribution is 6.31. The van der Waals surface area contributed by atoms with Crippen LogP contribution in [-0.4, -0.2) is 45.7 Å². The molecule has 42 heavy (non-hydrogen) atoms. The Morgan fingerprint density at radius 1 is 1.07 bits per heavy atom. The van der Waals surface area contributed by atoms with Crippen molar-refractivity contribution in [2.24, 2.45) is 5.84 Å². The van der Waals surface area contributed by atoms with E-state index in [1.165, 1.54) is 24.3 Å². The number of hydrogen-bond donors (Lipinski definition) is 3. The van der Waals surface area contributed by atoms with Crippen molar-refractivity contribution < 1.29 is 27.6 Å². The van der Waals surface area contributed by atoms with Crippen LogP contribution < -0.4 is 16.2 Å². The van der Waals surface area contributed by atoms with Gasteiger partial charge in [0.2, 0.25) is 5.91 Å². The zero-order valence-corrected chi connectivity index (χ0v) is 23.1. The van der Waals surface area contributed by atoms with E-state index in [1.54, 1.807) is 30.0 Å². The molecule has 0 radical (unpaired) electrons. The number of hydrazine groups is 1. The van der Waals surface area contributed by atoms with Crippen LogP contribution in [0.15, 0.2) is 54.6 Å². The molecule has 1 aromatic heterocycles. The van der Waals surface area contributed by atoms with E-state index < -0.39 is 29.1 Å². The maximum Gasteiger partial charge on any atom is 0.417 e. The topological polar surface area (TPSA) is 124 Å². The predicted molar refractivity (Wildman–Crippen MR) is 152 cm³/mol. The van der Waals surface area contributed by atoms with Crippen molar-refractivity contribution in [1.29, 1.82) is 0 Å². The molecule has 0 aliphatic carbocycles. The molecule has 13 heteroatoms. The number of nitrogens with two attached hydrogens (primary N) is 1. The SMILES string of the molecule is Cc1c(Cl)cccc1NC(=O)c1cc(N(N)C(=O)c2ccccc2C(F)(F)F)cc2[nH]c(CC(=O)N3CCCC3)nc12. The van der Waals surface area contributed by atoms with E-state index >= 15 is 0 Å². The van der Waals surface area contributed by atoms with Gasteiger partial charge in [-0.05, 0) is 61.7 Å². The number of benzene rings is 3. The standard InChI is InChI=1S/C29H26ClF3N6O3/c1-16-21(30)9-6-10-22(16)36-27(41)19-13-17(39(34)28(42)18-7-2-3-8-20(18)29(31,32)33)14-23-26(19)37-24(35-23)15-25(40)38-11-4-5-12-38/h2-3,6-10,13-14H,4-5,11-12,15,34H2,1H3,(H,35,37)(H,36,41). The number of imidazole rings is 1. The highest BCUT2D eigenvalue weighted by atomic mass is 35.5. The van der Waals surface area contributed by atoms with Crippen LogP contribution in [0.25, 0.3) is 11.0 Å². The van der Waals surface area contributed by atoms with Crippen molar-refractivity contribution >= 4 is 51.7 Å². The molecule has 1 aliphatic heterocycles. The average Bonchev–Trinajstić information content (AvgIpc) is 3.64. The quantitative estimate of drug-likeness (QED) is 0.154. The molecule has 0 spiro atoms. The summed E-state index contributed by atoms with van der Waals surface area (Å²) in [5.74, 6) is 4.46. The number of rotatable bonds is 6.